The van der Waals surface area contributed by atoms with Gasteiger partial charge in [0.05, 0.1) is 39.8 Å². The number of quaternary nitrogens is 2. The zero-order valence-corrected chi connectivity index (χ0v) is 17.5. The summed E-state index contributed by atoms with van der Waals surface area (Å²) in [5, 5.41) is 10.7. The number of hydrogen-bond donors (Lipinski definition) is 3. The maximum Gasteiger partial charge on any atom is 0.126 e. The average Bonchev–Trinajstić information content (AvgIpc) is 2.70. The number of rotatable bonds is 8. The normalized spacial score (nSPS) is 23.1. The second-order valence-corrected chi connectivity index (χ2v) is 8.42. The topological polar surface area (TPSA) is 38.3 Å². The van der Waals surface area contributed by atoms with E-state index in [1.165, 1.54) is 42.0 Å². The molecule has 28 heavy (non-hydrogen) atoms. The van der Waals surface area contributed by atoms with Gasteiger partial charge in [0.15, 0.2) is 0 Å². The van der Waals surface area contributed by atoms with Gasteiger partial charge in [0, 0.05) is 12.8 Å². The number of aryl methyl sites for hydroxylation is 1. The third-order valence-electron chi connectivity index (χ3n) is 6.12. The molecule has 2 aromatic carbocycles. The van der Waals surface area contributed by atoms with E-state index in [9.17, 15) is 5.11 Å². The van der Waals surface area contributed by atoms with Gasteiger partial charge in [-0.3, -0.25) is 0 Å². The first-order valence-electron chi connectivity index (χ1n) is 10.6. The van der Waals surface area contributed by atoms with Crippen LogP contribution in [-0.2, 0) is 4.74 Å². The van der Waals surface area contributed by atoms with E-state index in [2.05, 4.69) is 57.4 Å². The van der Waals surface area contributed by atoms with E-state index in [-0.39, 0.29) is 6.10 Å². The maximum absolute atomic E-state index is 10.7. The standard InChI is InChI=1S/C24H34N2O2/c1-19-9-7-8-12-23(19)24(20-10-5-4-6-11-20)28-18-22(27)17-26(3)21-13-15-25(2)16-14-21/h4-12,21-22,24,27H,13-18H2,1-3H3/p+2/t22-,24-/m1/s1. The van der Waals surface area contributed by atoms with Gasteiger partial charge in [0.25, 0.3) is 0 Å². The number of likely N-dealkylation sites (N-methyl/N-ethyl adjacent to an activating group) is 1. The summed E-state index contributed by atoms with van der Waals surface area (Å²) in [5.41, 5.74) is 3.50. The van der Waals surface area contributed by atoms with Crippen molar-refractivity contribution in [3.63, 3.8) is 0 Å². The van der Waals surface area contributed by atoms with Gasteiger partial charge in [0.2, 0.25) is 0 Å². The molecular weight excluding hydrogens is 348 g/mol. The fourth-order valence-corrected chi connectivity index (χ4v) is 4.28. The van der Waals surface area contributed by atoms with Gasteiger partial charge >= 0.3 is 0 Å². The number of benzene rings is 2. The summed E-state index contributed by atoms with van der Waals surface area (Å²) in [6.07, 6.45) is 1.87. The highest BCUT2D eigenvalue weighted by Crippen LogP contribution is 2.28. The Morgan fingerprint density at radius 2 is 1.71 bits per heavy atom. The number of ether oxygens (including phenoxy) is 1. The minimum absolute atomic E-state index is 0.149. The highest BCUT2D eigenvalue weighted by molar-refractivity contribution is 5.35. The van der Waals surface area contributed by atoms with Crippen molar-refractivity contribution in [3.05, 3.63) is 71.3 Å². The molecule has 152 valence electrons. The van der Waals surface area contributed by atoms with Crippen LogP contribution in [0.3, 0.4) is 0 Å². The van der Waals surface area contributed by atoms with Crippen molar-refractivity contribution in [2.24, 2.45) is 0 Å². The van der Waals surface area contributed by atoms with Crippen LogP contribution in [0.25, 0.3) is 0 Å². The maximum atomic E-state index is 10.7. The first-order valence-corrected chi connectivity index (χ1v) is 10.6. The van der Waals surface area contributed by atoms with Gasteiger partial charge in [-0.05, 0) is 23.6 Å². The van der Waals surface area contributed by atoms with Crippen molar-refractivity contribution in [1.29, 1.82) is 0 Å². The fraction of sp³-hybridized carbons (Fsp3) is 0.500. The number of aliphatic hydroxyl groups is 1. The minimum Gasteiger partial charge on any atom is -0.385 e. The Kier molecular flexibility index (Phi) is 7.63. The lowest BCUT2D eigenvalue weighted by molar-refractivity contribution is -0.941. The second-order valence-electron chi connectivity index (χ2n) is 8.42. The lowest BCUT2D eigenvalue weighted by Gasteiger charge is -2.32. The van der Waals surface area contributed by atoms with Gasteiger partial charge in [-0.25, -0.2) is 0 Å². The Morgan fingerprint density at radius 1 is 1.07 bits per heavy atom. The predicted molar refractivity (Wildman–Crippen MR) is 113 cm³/mol. The molecule has 4 heteroatoms. The largest absolute Gasteiger partial charge is 0.385 e. The van der Waals surface area contributed by atoms with Crippen molar-refractivity contribution in [2.75, 3.05) is 40.3 Å². The van der Waals surface area contributed by atoms with E-state index in [0.717, 1.165) is 12.1 Å². The quantitative estimate of drug-likeness (QED) is 0.625. The van der Waals surface area contributed by atoms with Crippen LogP contribution in [-0.4, -0.2) is 57.6 Å². The van der Waals surface area contributed by atoms with Gasteiger partial charge in [-0.1, -0.05) is 54.6 Å². The second kappa shape index (κ2) is 10.2. The van der Waals surface area contributed by atoms with Crippen LogP contribution in [0.15, 0.2) is 54.6 Å². The Bertz CT molecular complexity index is 714. The SMILES string of the molecule is Cc1ccccc1[C@H](OC[C@H](O)C[NH+](C)C1CC[NH+](C)CC1)c1ccccc1. The Morgan fingerprint density at radius 3 is 2.39 bits per heavy atom. The van der Waals surface area contributed by atoms with E-state index in [4.69, 9.17) is 4.74 Å². The molecule has 4 nitrogen and oxygen atoms in total. The first-order chi connectivity index (χ1) is 13.5. The molecule has 1 unspecified atom stereocenters. The summed E-state index contributed by atoms with van der Waals surface area (Å²) < 4.78 is 6.29. The fourth-order valence-electron chi connectivity index (χ4n) is 4.28. The summed E-state index contributed by atoms with van der Waals surface area (Å²) >= 11 is 0. The summed E-state index contributed by atoms with van der Waals surface area (Å²) in [7, 11) is 4.48. The molecule has 0 bridgehead atoms. The van der Waals surface area contributed by atoms with Crippen molar-refractivity contribution >= 4 is 0 Å². The van der Waals surface area contributed by atoms with E-state index < -0.39 is 6.10 Å². The molecule has 0 saturated carbocycles. The molecule has 0 aromatic heterocycles. The van der Waals surface area contributed by atoms with E-state index in [1.54, 1.807) is 4.90 Å². The molecule has 0 radical (unpaired) electrons. The Balaban J connectivity index is 1.61. The lowest BCUT2D eigenvalue weighted by Crippen LogP contribution is -3.18. The summed E-state index contributed by atoms with van der Waals surface area (Å²) in [6.45, 7) is 5.67. The molecule has 2 aromatic rings. The smallest absolute Gasteiger partial charge is 0.126 e. The summed E-state index contributed by atoms with van der Waals surface area (Å²) in [5.74, 6) is 0. The highest BCUT2D eigenvalue weighted by atomic mass is 16.5. The van der Waals surface area contributed by atoms with Gasteiger partial charge in [-0.2, -0.15) is 0 Å². The number of hydrogen-bond acceptors (Lipinski definition) is 2. The van der Waals surface area contributed by atoms with Crippen molar-refractivity contribution in [3.8, 4) is 0 Å². The van der Waals surface area contributed by atoms with E-state index in [0.29, 0.717) is 12.6 Å². The number of likely N-dealkylation sites (tertiary alicyclic amines) is 1. The van der Waals surface area contributed by atoms with Crippen molar-refractivity contribution < 1.29 is 19.6 Å². The summed E-state index contributed by atoms with van der Waals surface area (Å²) in [6, 6.07) is 19.3. The molecule has 3 atom stereocenters. The van der Waals surface area contributed by atoms with Crippen LogP contribution >= 0.6 is 0 Å². The van der Waals surface area contributed by atoms with Crippen LogP contribution in [0.2, 0.25) is 0 Å². The molecule has 1 fully saturated rings. The number of piperidine rings is 1. The molecule has 3 N–H and O–H groups in total. The molecule has 1 aliphatic rings. The first kappa shape index (κ1) is 21.0. The Labute approximate surface area is 169 Å². The van der Waals surface area contributed by atoms with Crippen LogP contribution in [0.1, 0.15) is 35.6 Å². The van der Waals surface area contributed by atoms with E-state index in [1.807, 2.05) is 18.2 Å². The highest BCUT2D eigenvalue weighted by Gasteiger charge is 2.28. The third kappa shape index (κ3) is 5.65. The molecule has 1 saturated heterocycles. The number of aliphatic hydroxyl groups excluding tert-OH is 1. The molecular formula is C24H36N2O2+2. The van der Waals surface area contributed by atoms with Crippen LogP contribution in [0.4, 0.5) is 0 Å². The Hall–Kier alpha value is -1.72. The zero-order chi connectivity index (χ0) is 19.9. The predicted octanol–water partition coefficient (Wildman–Crippen LogP) is 0.654. The molecule has 1 heterocycles. The van der Waals surface area contributed by atoms with E-state index >= 15 is 0 Å². The van der Waals surface area contributed by atoms with Crippen LogP contribution in [0, 0.1) is 6.92 Å². The van der Waals surface area contributed by atoms with Gasteiger partial charge < -0.3 is 19.6 Å². The third-order valence-corrected chi connectivity index (χ3v) is 6.12. The monoisotopic (exact) mass is 384 g/mol. The lowest BCUT2D eigenvalue weighted by atomic mass is 9.97. The molecule has 0 amide bonds. The minimum atomic E-state index is -0.456. The average molecular weight is 385 g/mol. The summed E-state index contributed by atoms with van der Waals surface area (Å²) in [4.78, 5) is 3.05. The molecule has 0 aliphatic carbocycles. The van der Waals surface area contributed by atoms with Crippen molar-refractivity contribution in [2.45, 2.75) is 38.0 Å². The molecule has 3 rings (SSSR count). The molecule has 0 spiro atoms. The van der Waals surface area contributed by atoms with Crippen LogP contribution < -0.4 is 9.80 Å². The zero-order valence-electron chi connectivity index (χ0n) is 17.5. The van der Waals surface area contributed by atoms with Gasteiger partial charge in [-0.15, -0.1) is 0 Å². The molecule has 1 aliphatic heterocycles. The van der Waals surface area contributed by atoms with Crippen molar-refractivity contribution in [1.82, 2.24) is 0 Å². The van der Waals surface area contributed by atoms with Gasteiger partial charge in [0.1, 0.15) is 18.8 Å². The van der Waals surface area contributed by atoms with Crippen LogP contribution in [0.5, 0.6) is 0 Å². The number of nitrogens with one attached hydrogen (secondary N) is 2.